The second-order valence-corrected chi connectivity index (χ2v) is 8.10. The molecule has 144 valence electrons. The number of aromatic nitrogens is 3. The highest BCUT2D eigenvalue weighted by atomic mass is 32.1. The zero-order chi connectivity index (χ0) is 18.8. The summed E-state index contributed by atoms with van der Waals surface area (Å²) in [5.74, 6) is 0.974. The van der Waals surface area contributed by atoms with Gasteiger partial charge in [-0.25, -0.2) is 4.98 Å². The number of nitrogens with zero attached hydrogens (tertiary/aromatic N) is 3. The molecule has 0 aliphatic carbocycles. The molecule has 4 N–H and O–H groups in total. The number of aliphatic hydroxyl groups is 1. The van der Waals surface area contributed by atoms with Gasteiger partial charge in [0.05, 0.1) is 6.61 Å². The zero-order valence-electron chi connectivity index (χ0n) is 15.6. The van der Waals surface area contributed by atoms with Crippen molar-refractivity contribution in [2.75, 3.05) is 39.3 Å². The van der Waals surface area contributed by atoms with Crippen LogP contribution in [0.1, 0.15) is 29.2 Å². The van der Waals surface area contributed by atoms with E-state index < -0.39 is 0 Å². The minimum atomic E-state index is 0.0699. The topological polar surface area (TPSA) is 79.5 Å². The number of piperazine rings is 1. The third kappa shape index (κ3) is 3.58. The summed E-state index contributed by atoms with van der Waals surface area (Å²) in [5, 5.41) is 24.6. The summed E-state index contributed by atoms with van der Waals surface area (Å²) in [6.07, 6.45) is 0.756. The van der Waals surface area contributed by atoms with Crippen LogP contribution in [-0.4, -0.2) is 64.1 Å². The van der Waals surface area contributed by atoms with E-state index in [-0.39, 0.29) is 18.5 Å². The maximum absolute atomic E-state index is 10.9. The Bertz CT molecular complexity index is 886. The van der Waals surface area contributed by atoms with Gasteiger partial charge in [-0.3, -0.25) is 0 Å². The van der Waals surface area contributed by atoms with E-state index in [1.807, 2.05) is 13.0 Å². The fraction of sp³-hybridized carbons (Fsp3) is 0.474. The van der Waals surface area contributed by atoms with E-state index >= 15 is 0 Å². The number of hydrogen-bond acceptors (Lipinski definition) is 5. The van der Waals surface area contributed by atoms with Crippen LogP contribution in [0.25, 0.3) is 4.96 Å². The maximum atomic E-state index is 10.9. The molecule has 27 heavy (non-hydrogen) atoms. The van der Waals surface area contributed by atoms with Crippen molar-refractivity contribution in [1.82, 2.24) is 14.6 Å². The fourth-order valence-electron chi connectivity index (χ4n) is 3.97. The molecule has 2 aromatic heterocycles. The molecule has 8 heteroatoms. The molecule has 1 aromatic carbocycles. The van der Waals surface area contributed by atoms with Crippen molar-refractivity contribution in [3.05, 3.63) is 46.6 Å². The predicted octanol–water partition coefficient (Wildman–Crippen LogP) is -1.08. The van der Waals surface area contributed by atoms with Gasteiger partial charge in [-0.05, 0) is 0 Å². The molecule has 4 rings (SSSR count). The molecule has 0 unspecified atom stereocenters. The summed E-state index contributed by atoms with van der Waals surface area (Å²) >= 11 is 1.54. The second-order valence-electron chi connectivity index (χ2n) is 7.09. The Balaban J connectivity index is 1.69. The van der Waals surface area contributed by atoms with Gasteiger partial charge >= 0.3 is 0 Å². The molecule has 1 saturated heterocycles. The first kappa shape index (κ1) is 18.4. The molecule has 3 heterocycles. The lowest BCUT2D eigenvalue weighted by molar-refractivity contribution is -1.02. The number of benzene rings is 1. The number of nitrogens with one attached hydrogen (secondary N) is 2. The molecule has 7 nitrogen and oxygen atoms in total. The highest BCUT2D eigenvalue weighted by molar-refractivity contribution is 7.17. The van der Waals surface area contributed by atoms with Crippen molar-refractivity contribution in [2.24, 2.45) is 0 Å². The monoisotopic (exact) mass is 389 g/mol. The maximum Gasteiger partial charge on any atom is 0.235 e. The van der Waals surface area contributed by atoms with Crippen LogP contribution in [0.4, 0.5) is 0 Å². The van der Waals surface area contributed by atoms with Crippen molar-refractivity contribution >= 4 is 16.3 Å². The molecule has 0 saturated carbocycles. The number of aromatic hydroxyl groups is 1. The number of quaternary nitrogens is 2. The summed E-state index contributed by atoms with van der Waals surface area (Å²) < 4.78 is 1.58. The number of rotatable bonds is 6. The quantitative estimate of drug-likeness (QED) is 0.433. The number of hydrogen-bond donors (Lipinski definition) is 4. The molecule has 1 aliphatic heterocycles. The number of aryl methyl sites for hydroxylation is 1. The van der Waals surface area contributed by atoms with Gasteiger partial charge in [0.2, 0.25) is 10.8 Å². The smallest absolute Gasteiger partial charge is 0.235 e. The van der Waals surface area contributed by atoms with Crippen LogP contribution in [0.2, 0.25) is 0 Å². The SMILES string of the molecule is CCc1nc2sc([C@@H](c3ccccc3)[NH+]3CC[NH+](CCO)CC3)c(O)n2n1. The second kappa shape index (κ2) is 7.93. The average Bonchev–Trinajstić information content (AvgIpc) is 3.24. The molecule has 3 aromatic rings. The van der Waals surface area contributed by atoms with Crippen molar-refractivity contribution < 1.29 is 20.0 Å². The highest BCUT2D eigenvalue weighted by Gasteiger charge is 2.35. The van der Waals surface area contributed by atoms with E-state index in [0.29, 0.717) is 0 Å². The van der Waals surface area contributed by atoms with Crippen molar-refractivity contribution in [3.8, 4) is 5.88 Å². The van der Waals surface area contributed by atoms with Crippen LogP contribution in [0.15, 0.2) is 30.3 Å². The van der Waals surface area contributed by atoms with Gasteiger partial charge in [-0.1, -0.05) is 48.6 Å². The number of thiazole rings is 1. The highest BCUT2D eigenvalue weighted by Crippen LogP contribution is 2.34. The van der Waals surface area contributed by atoms with Crippen molar-refractivity contribution in [2.45, 2.75) is 19.4 Å². The van der Waals surface area contributed by atoms with E-state index in [9.17, 15) is 10.2 Å². The van der Waals surface area contributed by atoms with Gasteiger partial charge in [0, 0.05) is 12.0 Å². The molecule has 0 spiro atoms. The summed E-state index contributed by atoms with van der Waals surface area (Å²) in [6.45, 7) is 7.13. The first-order valence-electron chi connectivity index (χ1n) is 9.62. The molecular formula is C19H27N5O2S+2. The Morgan fingerprint density at radius 3 is 2.56 bits per heavy atom. The summed E-state index contributed by atoms with van der Waals surface area (Å²) in [5.41, 5.74) is 1.20. The normalized spacial score (nSPS) is 21.6. The van der Waals surface area contributed by atoms with Crippen LogP contribution in [0.3, 0.4) is 0 Å². The van der Waals surface area contributed by atoms with Gasteiger partial charge in [0.25, 0.3) is 0 Å². The van der Waals surface area contributed by atoms with Crippen LogP contribution in [0, 0.1) is 0 Å². The minimum absolute atomic E-state index is 0.0699. The molecule has 0 bridgehead atoms. The molecule has 0 radical (unpaired) electrons. The predicted molar refractivity (Wildman–Crippen MR) is 104 cm³/mol. The van der Waals surface area contributed by atoms with Gasteiger partial charge in [-0.2, -0.15) is 4.52 Å². The lowest BCUT2D eigenvalue weighted by Gasteiger charge is -2.34. The largest absolute Gasteiger partial charge is 0.492 e. The van der Waals surface area contributed by atoms with Gasteiger partial charge in [0.15, 0.2) is 11.9 Å². The fourth-order valence-corrected chi connectivity index (χ4v) is 5.13. The van der Waals surface area contributed by atoms with E-state index in [4.69, 9.17) is 0 Å². The summed E-state index contributed by atoms with van der Waals surface area (Å²) in [6, 6.07) is 10.5. The zero-order valence-corrected chi connectivity index (χ0v) is 16.4. The minimum Gasteiger partial charge on any atom is -0.492 e. The Morgan fingerprint density at radius 2 is 1.93 bits per heavy atom. The summed E-state index contributed by atoms with van der Waals surface area (Å²) in [4.78, 5) is 9.12. The third-order valence-electron chi connectivity index (χ3n) is 5.43. The third-order valence-corrected chi connectivity index (χ3v) is 6.51. The Kier molecular flexibility index (Phi) is 5.40. The van der Waals surface area contributed by atoms with Gasteiger partial charge in [0.1, 0.15) is 37.6 Å². The molecular weight excluding hydrogens is 362 g/mol. The van der Waals surface area contributed by atoms with Crippen molar-refractivity contribution in [3.63, 3.8) is 0 Å². The van der Waals surface area contributed by atoms with Crippen molar-refractivity contribution in [1.29, 1.82) is 0 Å². The lowest BCUT2D eigenvalue weighted by atomic mass is 10.0. The van der Waals surface area contributed by atoms with E-state index in [2.05, 4.69) is 34.3 Å². The molecule has 1 atom stereocenters. The molecule has 0 amide bonds. The van der Waals surface area contributed by atoms with Gasteiger partial charge in [-0.15, -0.1) is 5.10 Å². The van der Waals surface area contributed by atoms with E-state index in [1.54, 1.807) is 4.52 Å². The lowest BCUT2D eigenvalue weighted by Crippen LogP contribution is -3.28. The number of fused-ring (bicyclic) bond motifs is 1. The van der Waals surface area contributed by atoms with Crippen LogP contribution < -0.4 is 9.80 Å². The Labute approximate surface area is 162 Å². The Morgan fingerprint density at radius 1 is 1.19 bits per heavy atom. The Hall–Kier alpha value is -2.00. The van der Waals surface area contributed by atoms with Crippen LogP contribution >= 0.6 is 11.3 Å². The van der Waals surface area contributed by atoms with E-state index in [0.717, 1.165) is 54.8 Å². The standard InChI is InChI=1S/C19H25N5O2S/c1-2-15-20-19-24(21-15)18(26)17(27-19)16(14-6-4-3-5-7-14)23-10-8-22(9-11-23)12-13-25/h3-7,16,25-26H,2,8-13H2,1H3/p+2/t16-/m1/s1. The molecule has 1 aliphatic rings. The van der Waals surface area contributed by atoms with Gasteiger partial charge < -0.3 is 20.0 Å². The van der Waals surface area contributed by atoms with Crippen LogP contribution in [-0.2, 0) is 6.42 Å². The summed E-state index contributed by atoms with van der Waals surface area (Å²) in [7, 11) is 0. The first-order valence-corrected chi connectivity index (χ1v) is 10.4. The van der Waals surface area contributed by atoms with E-state index in [1.165, 1.54) is 26.7 Å². The van der Waals surface area contributed by atoms with Crippen LogP contribution in [0.5, 0.6) is 5.88 Å². The number of aliphatic hydroxyl groups excluding tert-OH is 1. The molecule has 1 fully saturated rings. The average molecular weight is 390 g/mol. The first-order chi connectivity index (χ1) is 13.2.